The van der Waals surface area contributed by atoms with Crippen LogP contribution < -0.4 is 0 Å². The maximum absolute atomic E-state index is 11.6. The zero-order chi connectivity index (χ0) is 32.1. The zero-order valence-electron chi connectivity index (χ0n) is 24.6. The summed E-state index contributed by atoms with van der Waals surface area (Å²) in [5.74, 6) is 0. The lowest BCUT2D eigenvalue weighted by atomic mass is 9.98. The van der Waals surface area contributed by atoms with E-state index in [2.05, 4.69) is 0 Å². The maximum atomic E-state index is 11.6. The number of carbonyl (C=O) groups is 1. The minimum atomic E-state index is -1.58. The fourth-order valence-corrected chi connectivity index (χ4v) is 6.01. The van der Waals surface area contributed by atoms with Gasteiger partial charge in [-0.15, -0.1) is 0 Å². The van der Waals surface area contributed by atoms with E-state index in [-0.39, 0.29) is 39.4 Å². The Balaban J connectivity index is 1.27. The molecule has 0 radical (unpaired) electrons. The normalized spacial score (nSPS) is 31.8. The van der Waals surface area contributed by atoms with E-state index in [9.17, 15) is 40.5 Å². The van der Waals surface area contributed by atoms with Crippen LogP contribution in [0.5, 0.6) is 0 Å². The number of amides is 1. The molecular weight excluding hydrogens is 592 g/mol. The van der Waals surface area contributed by atoms with Gasteiger partial charge in [0.15, 0.2) is 12.6 Å². The number of aliphatic hydroxyl groups is 6. The van der Waals surface area contributed by atoms with Gasteiger partial charge in [-0.2, -0.15) is 0 Å². The Morgan fingerprint density at radius 2 is 1.22 bits per heavy atom. The summed E-state index contributed by atoms with van der Waals surface area (Å²) in [5.41, 5.74) is 1.34. The van der Waals surface area contributed by atoms with Crippen LogP contribution in [0.4, 0.5) is 4.79 Å². The van der Waals surface area contributed by atoms with Crippen molar-refractivity contribution in [2.75, 3.05) is 39.4 Å². The summed E-state index contributed by atoms with van der Waals surface area (Å²) in [4.78, 5) is 14.4. The van der Waals surface area contributed by atoms with Crippen LogP contribution in [0, 0.1) is 0 Å². The first-order valence-corrected chi connectivity index (χ1v) is 15.1. The standard InChI is InChI=1S/C31H42N2O12/c34-21(25(38)27-23(36)16-42-29(44-27)18-7-3-1-4-8-18)14-33(20-11-12-32(13-20)31(40)41)15-22(35)26(39)28-24(37)17-43-30(45-28)19-9-5-2-6-10-19/h1-10,20-30,34-39H,11-17H2,(H,40,41)/t20-,21?,22?,23+,24+,25?,26?,27+,28+,29?,30?/m0/s1. The van der Waals surface area contributed by atoms with Crippen molar-refractivity contribution in [3.63, 3.8) is 0 Å². The van der Waals surface area contributed by atoms with Gasteiger partial charge in [-0.25, -0.2) is 4.79 Å². The van der Waals surface area contributed by atoms with Gasteiger partial charge in [0.25, 0.3) is 0 Å². The highest BCUT2D eigenvalue weighted by Gasteiger charge is 2.43. The smallest absolute Gasteiger partial charge is 0.407 e. The molecule has 3 fully saturated rings. The lowest BCUT2D eigenvalue weighted by Gasteiger charge is -2.41. The number of aliphatic hydroxyl groups excluding tert-OH is 6. The van der Waals surface area contributed by atoms with Gasteiger partial charge < -0.3 is 59.6 Å². The highest BCUT2D eigenvalue weighted by Crippen LogP contribution is 2.31. The third kappa shape index (κ3) is 8.17. The summed E-state index contributed by atoms with van der Waals surface area (Å²) in [6.07, 6.45) is -13.6. The molecule has 1 amide bonds. The van der Waals surface area contributed by atoms with Gasteiger partial charge in [-0.3, -0.25) is 4.90 Å². The Morgan fingerprint density at radius 1 is 0.778 bits per heavy atom. The minimum absolute atomic E-state index is 0.0694. The van der Waals surface area contributed by atoms with E-state index in [0.29, 0.717) is 17.5 Å². The van der Waals surface area contributed by atoms with Crippen molar-refractivity contribution in [3.8, 4) is 0 Å². The van der Waals surface area contributed by atoms with E-state index in [1.807, 2.05) is 12.1 Å². The summed E-state index contributed by atoms with van der Waals surface area (Å²) in [7, 11) is 0. The Labute approximate surface area is 260 Å². The number of likely N-dealkylation sites (tertiary alicyclic amines) is 1. The molecule has 3 aliphatic heterocycles. The quantitative estimate of drug-likeness (QED) is 0.166. The highest BCUT2D eigenvalue weighted by molar-refractivity contribution is 5.65. The molecule has 2 aromatic carbocycles. The first-order chi connectivity index (χ1) is 21.6. The molecular formula is C31H42N2O12. The van der Waals surface area contributed by atoms with Gasteiger partial charge >= 0.3 is 6.09 Å². The number of hydrogen-bond acceptors (Lipinski definition) is 12. The Kier molecular flexibility index (Phi) is 11.4. The van der Waals surface area contributed by atoms with Crippen LogP contribution in [0.25, 0.3) is 0 Å². The molecule has 0 aromatic heterocycles. The molecule has 248 valence electrons. The molecule has 5 rings (SSSR count). The number of rotatable bonds is 11. The molecule has 11 atom stereocenters. The second kappa shape index (κ2) is 15.2. The van der Waals surface area contributed by atoms with Crippen LogP contribution in [0.3, 0.4) is 0 Å². The highest BCUT2D eigenvalue weighted by atomic mass is 16.7. The third-order valence-electron chi connectivity index (χ3n) is 8.56. The lowest BCUT2D eigenvalue weighted by molar-refractivity contribution is -0.285. The summed E-state index contributed by atoms with van der Waals surface area (Å²) in [6, 6.07) is 17.4. The Hall–Kier alpha value is -2.73. The maximum Gasteiger partial charge on any atom is 0.407 e. The van der Waals surface area contributed by atoms with Crippen LogP contribution in [-0.2, 0) is 18.9 Å². The van der Waals surface area contributed by atoms with Crippen molar-refractivity contribution >= 4 is 6.09 Å². The predicted octanol–water partition coefficient (Wildman–Crippen LogP) is -0.565. The van der Waals surface area contributed by atoms with E-state index in [4.69, 9.17) is 18.9 Å². The van der Waals surface area contributed by atoms with Crippen LogP contribution in [0.2, 0.25) is 0 Å². The second-order valence-corrected chi connectivity index (χ2v) is 11.7. The fourth-order valence-electron chi connectivity index (χ4n) is 6.01. The topological polar surface area (TPSA) is 202 Å². The molecule has 6 unspecified atom stereocenters. The third-order valence-corrected chi connectivity index (χ3v) is 8.56. The number of carboxylic acid groups (broad SMARTS) is 1. The van der Waals surface area contributed by atoms with Crippen LogP contribution in [0.15, 0.2) is 60.7 Å². The van der Waals surface area contributed by atoms with E-state index in [1.165, 1.54) is 4.90 Å². The predicted molar refractivity (Wildman–Crippen MR) is 156 cm³/mol. The summed E-state index contributed by atoms with van der Waals surface area (Å²) >= 11 is 0. The average molecular weight is 635 g/mol. The monoisotopic (exact) mass is 634 g/mol. The van der Waals surface area contributed by atoms with Crippen molar-refractivity contribution in [1.82, 2.24) is 9.80 Å². The Morgan fingerprint density at radius 3 is 1.62 bits per heavy atom. The molecule has 3 heterocycles. The van der Waals surface area contributed by atoms with Crippen molar-refractivity contribution in [3.05, 3.63) is 71.8 Å². The number of benzene rings is 2. The molecule has 3 saturated heterocycles. The van der Waals surface area contributed by atoms with Gasteiger partial charge in [0, 0.05) is 43.3 Å². The molecule has 0 aliphatic carbocycles. The fraction of sp³-hybridized carbons (Fsp3) is 0.581. The SMILES string of the molecule is O=C(O)N1CC[C@H](N(CC(O)C(O)[C@@H]2OC(c3ccccc3)OC[C@H]2O)CC(O)C(O)[C@@H]2OC(c3ccccc3)OC[C@H]2O)C1. The van der Waals surface area contributed by atoms with E-state index in [1.54, 1.807) is 53.4 Å². The summed E-state index contributed by atoms with van der Waals surface area (Å²) < 4.78 is 22.8. The molecule has 14 nitrogen and oxygen atoms in total. The molecule has 0 saturated carbocycles. The van der Waals surface area contributed by atoms with Crippen molar-refractivity contribution in [2.24, 2.45) is 0 Å². The molecule has 7 N–H and O–H groups in total. The van der Waals surface area contributed by atoms with Crippen LogP contribution in [-0.4, -0.2) is 146 Å². The van der Waals surface area contributed by atoms with Crippen molar-refractivity contribution in [2.45, 2.75) is 73.9 Å². The first-order valence-electron chi connectivity index (χ1n) is 15.1. The minimum Gasteiger partial charge on any atom is -0.465 e. The van der Waals surface area contributed by atoms with E-state index in [0.717, 1.165) is 0 Å². The van der Waals surface area contributed by atoms with Gasteiger partial charge in [0.1, 0.15) is 36.6 Å². The molecule has 0 bridgehead atoms. The van der Waals surface area contributed by atoms with E-state index < -0.39 is 73.5 Å². The molecule has 45 heavy (non-hydrogen) atoms. The average Bonchev–Trinajstić information content (AvgIpc) is 3.56. The van der Waals surface area contributed by atoms with E-state index >= 15 is 0 Å². The second-order valence-electron chi connectivity index (χ2n) is 11.7. The van der Waals surface area contributed by atoms with Gasteiger partial charge in [-0.1, -0.05) is 60.7 Å². The molecule has 0 spiro atoms. The largest absolute Gasteiger partial charge is 0.465 e. The first kappa shape index (κ1) is 33.6. The van der Waals surface area contributed by atoms with Crippen LogP contribution in [0.1, 0.15) is 30.1 Å². The number of hydrogen-bond donors (Lipinski definition) is 7. The molecule has 2 aromatic rings. The van der Waals surface area contributed by atoms with Gasteiger partial charge in [0.2, 0.25) is 0 Å². The summed E-state index contributed by atoms with van der Waals surface area (Å²) in [5, 5.41) is 75.2. The lowest BCUT2D eigenvalue weighted by Crippen LogP contribution is -2.57. The van der Waals surface area contributed by atoms with Gasteiger partial charge in [0.05, 0.1) is 25.4 Å². The van der Waals surface area contributed by atoms with Crippen molar-refractivity contribution < 1.29 is 59.5 Å². The zero-order valence-corrected chi connectivity index (χ0v) is 24.6. The molecule has 3 aliphatic rings. The van der Waals surface area contributed by atoms with Gasteiger partial charge in [-0.05, 0) is 6.42 Å². The Bertz CT molecular complexity index is 1130. The number of ether oxygens (including phenoxy) is 4. The van der Waals surface area contributed by atoms with Crippen LogP contribution >= 0.6 is 0 Å². The molecule has 14 heteroatoms. The number of nitrogens with zero attached hydrogens (tertiary/aromatic N) is 2. The van der Waals surface area contributed by atoms with Crippen molar-refractivity contribution in [1.29, 1.82) is 0 Å². The summed E-state index contributed by atoms with van der Waals surface area (Å²) in [6.45, 7) is -0.506.